The predicted octanol–water partition coefficient (Wildman–Crippen LogP) is 5.06. The molecule has 1 aromatic rings. The number of esters is 1. The summed E-state index contributed by atoms with van der Waals surface area (Å²) in [7, 11) is 0. The van der Waals surface area contributed by atoms with Crippen LogP contribution in [0.3, 0.4) is 0 Å². The predicted molar refractivity (Wildman–Crippen MR) is 102 cm³/mol. The highest BCUT2D eigenvalue weighted by Gasteiger charge is 2.20. The second kappa shape index (κ2) is 8.70. The molecule has 0 spiro atoms. The van der Waals surface area contributed by atoms with E-state index in [1.165, 1.54) is 0 Å². The molecular formula is C20H30O3S. The molecule has 0 bridgehead atoms. The molecule has 0 aliphatic heterocycles. The van der Waals surface area contributed by atoms with Crippen molar-refractivity contribution in [3.8, 4) is 5.75 Å². The fourth-order valence-corrected chi connectivity index (χ4v) is 2.60. The van der Waals surface area contributed by atoms with Crippen molar-refractivity contribution in [3.63, 3.8) is 0 Å². The van der Waals surface area contributed by atoms with Crippen molar-refractivity contribution in [3.05, 3.63) is 29.8 Å². The number of ether oxygens (including phenoxy) is 1. The molecule has 0 fully saturated rings. The van der Waals surface area contributed by atoms with Crippen molar-refractivity contribution in [2.24, 2.45) is 5.41 Å². The van der Waals surface area contributed by atoms with Crippen LogP contribution < -0.4 is 4.74 Å². The SMILES string of the molecule is CC(C)(C)SCC(=O)Oc1ccc(CCCC(=O)C(C)(C)C)cc1. The highest BCUT2D eigenvalue weighted by molar-refractivity contribution is 8.01. The van der Waals surface area contributed by atoms with E-state index in [0.29, 0.717) is 23.7 Å². The van der Waals surface area contributed by atoms with Gasteiger partial charge < -0.3 is 4.74 Å². The normalized spacial score (nSPS) is 12.1. The molecule has 0 radical (unpaired) electrons. The molecule has 0 N–H and O–H groups in total. The first-order valence-electron chi connectivity index (χ1n) is 8.44. The molecule has 1 aromatic carbocycles. The maximum Gasteiger partial charge on any atom is 0.321 e. The van der Waals surface area contributed by atoms with Crippen LogP contribution in [0.5, 0.6) is 5.75 Å². The largest absolute Gasteiger partial charge is 0.426 e. The number of aryl methyl sites for hydroxylation is 1. The van der Waals surface area contributed by atoms with Gasteiger partial charge in [0.2, 0.25) is 0 Å². The lowest BCUT2D eigenvalue weighted by atomic mass is 9.87. The number of carbonyl (C=O) groups is 2. The van der Waals surface area contributed by atoms with Gasteiger partial charge in [0.15, 0.2) is 0 Å². The van der Waals surface area contributed by atoms with Gasteiger partial charge in [-0.3, -0.25) is 9.59 Å². The minimum Gasteiger partial charge on any atom is -0.426 e. The molecule has 0 aliphatic rings. The summed E-state index contributed by atoms with van der Waals surface area (Å²) in [6.07, 6.45) is 2.30. The number of benzene rings is 1. The van der Waals surface area contributed by atoms with Crippen LogP contribution in [-0.2, 0) is 16.0 Å². The van der Waals surface area contributed by atoms with Crippen LogP contribution in [0, 0.1) is 5.41 Å². The van der Waals surface area contributed by atoms with Gasteiger partial charge in [-0.1, -0.05) is 53.7 Å². The Morgan fingerprint density at radius 3 is 2.08 bits per heavy atom. The standard InChI is InChI=1S/C20H30O3S/c1-19(2,3)17(21)9-7-8-15-10-12-16(13-11-15)23-18(22)14-24-20(4,5)6/h10-13H,7-9,14H2,1-6H3. The molecule has 134 valence electrons. The quantitative estimate of drug-likeness (QED) is 0.509. The van der Waals surface area contributed by atoms with E-state index in [-0.39, 0.29) is 16.1 Å². The number of ketones is 1. The van der Waals surface area contributed by atoms with E-state index in [1.807, 2.05) is 45.0 Å². The van der Waals surface area contributed by atoms with Crippen molar-refractivity contribution in [1.82, 2.24) is 0 Å². The van der Waals surface area contributed by atoms with Crippen LogP contribution in [0.15, 0.2) is 24.3 Å². The number of hydrogen-bond acceptors (Lipinski definition) is 4. The van der Waals surface area contributed by atoms with E-state index in [2.05, 4.69) is 20.8 Å². The average Bonchev–Trinajstić information content (AvgIpc) is 2.45. The first-order valence-corrected chi connectivity index (χ1v) is 9.43. The first-order chi connectivity index (χ1) is 11.0. The molecule has 0 saturated carbocycles. The van der Waals surface area contributed by atoms with Crippen molar-refractivity contribution in [1.29, 1.82) is 0 Å². The Bertz CT molecular complexity index is 548. The second-order valence-corrected chi connectivity index (χ2v) is 9.85. The summed E-state index contributed by atoms with van der Waals surface area (Å²) in [5, 5.41) is 0. The van der Waals surface area contributed by atoms with Crippen LogP contribution in [0.1, 0.15) is 59.9 Å². The summed E-state index contributed by atoms with van der Waals surface area (Å²) < 4.78 is 5.39. The lowest BCUT2D eigenvalue weighted by Crippen LogP contribution is -2.19. The molecule has 0 aromatic heterocycles. The molecule has 24 heavy (non-hydrogen) atoms. The number of Topliss-reactive ketones (excluding diaryl/α,β-unsaturated/α-hetero) is 1. The third-order valence-corrected chi connectivity index (χ3v) is 4.73. The number of carbonyl (C=O) groups excluding carboxylic acids is 2. The molecule has 1 rings (SSSR count). The second-order valence-electron chi connectivity index (χ2n) is 8.05. The van der Waals surface area contributed by atoms with Crippen LogP contribution >= 0.6 is 11.8 Å². The van der Waals surface area contributed by atoms with Crippen molar-refractivity contribution >= 4 is 23.5 Å². The van der Waals surface area contributed by atoms with Crippen molar-refractivity contribution < 1.29 is 14.3 Å². The topological polar surface area (TPSA) is 43.4 Å². The number of thioether (sulfide) groups is 1. The molecule has 0 aliphatic carbocycles. The molecule has 0 saturated heterocycles. The molecule has 0 heterocycles. The van der Waals surface area contributed by atoms with Gasteiger partial charge >= 0.3 is 5.97 Å². The van der Waals surface area contributed by atoms with Crippen molar-refractivity contribution in [2.75, 3.05) is 5.75 Å². The van der Waals surface area contributed by atoms with E-state index in [4.69, 9.17) is 4.74 Å². The maximum absolute atomic E-state index is 11.9. The van der Waals surface area contributed by atoms with Gasteiger partial charge in [0.25, 0.3) is 0 Å². The van der Waals surface area contributed by atoms with E-state index >= 15 is 0 Å². The zero-order valence-electron chi connectivity index (χ0n) is 15.8. The fraction of sp³-hybridized carbons (Fsp3) is 0.600. The molecule has 3 nitrogen and oxygen atoms in total. The maximum atomic E-state index is 11.9. The summed E-state index contributed by atoms with van der Waals surface area (Å²) >= 11 is 1.57. The monoisotopic (exact) mass is 350 g/mol. The van der Waals surface area contributed by atoms with Crippen molar-refractivity contribution in [2.45, 2.75) is 65.6 Å². The number of hydrogen-bond donors (Lipinski definition) is 0. The Morgan fingerprint density at radius 1 is 1.00 bits per heavy atom. The average molecular weight is 351 g/mol. The van der Waals surface area contributed by atoms with Gasteiger partial charge in [0.05, 0.1) is 5.75 Å². The Labute approximate surface area is 150 Å². The summed E-state index contributed by atoms with van der Waals surface area (Å²) in [6.45, 7) is 12.1. The van der Waals surface area contributed by atoms with Crippen LogP contribution in [0.25, 0.3) is 0 Å². The van der Waals surface area contributed by atoms with E-state index in [0.717, 1.165) is 18.4 Å². The molecule has 0 amide bonds. The van der Waals surface area contributed by atoms with Gasteiger partial charge in [-0.2, -0.15) is 0 Å². The Morgan fingerprint density at radius 2 is 1.58 bits per heavy atom. The Balaban J connectivity index is 2.40. The lowest BCUT2D eigenvalue weighted by Gasteiger charge is -2.16. The molecule has 0 atom stereocenters. The number of rotatable bonds is 7. The van der Waals surface area contributed by atoms with Crippen LogP contribution in [0.2, 0.25) is 0 Å². The minimum absolute atomic E-state index is 0.0490. The zero-order valence-corrected chi connectivity index (χ0v) is 16.6. The van der Waals surface area contributed by atoms with Gasteiger partial charge in [-0.15, -0.1) is 11.8 Å². The summed E-state index contributed by atoms with van der Waals surface area (Å²) in [6, 6.07) is 7.56. The summed E-state index contributed by atoms with van der Waals surface area (Å²) in [5.41, 5.74) is 0.893. The van der Waals surface area contributed by atoms with Crippen LogP contribution in [0.4, 0.5) is 0 Å². The summed E-state index contributed by atoms with van der Waals surface area (Å²) in [4.78, 5) is 23.7. The molecular weight excluding hydrogens is 320 g/mol. The van der Waals surface area contributed by atoms with E-state index < -0.39 is 0 Å². The molecule has 4 heteroatoms. The van der Waals surface area contributed by atoms with Gasteiger partial charge in [0.1, 0.15) is 11.5 Å². The van der Waals surface area contributed by atoms with Gasteiger partial charge in [0, 0.05) is 16.6 Å². The van der Waals surface area contributed by atoms with E-state index in [9.17, 15) is 9.59 Å². The summed E-state index contributed by atoms with van der Waals surface area (Å²) in [5.74, 6) is 0.993. The third-order valence-electron chi connectivity index (χ3n) is 3.48. The van der Waals surface area contributed by atoms with Gasteiger partial charge in [-0.05, 0) is 30.5 Å². The fourth-order valence-electron chi connectivity index (χ4n) is 1.99. The molecule has 0 unspecified atom stereocenters. The highest BCUT2D eigenvalue weighted by Crippen LogP contribution is 2.24. The van der Waals surface area contributed by atoms with E-state index in [1.54, 1.807) is 11.8 Å². The lowest BCUT2D eigenvalue weighted by molar-refractivity contribution is -0.131. The smallest absolute Gasteiger partial charge is 0.321 e. The zero-order chi connectivity index (χ0) is 18.4. The Kier molecular flexibility index (Phi) is 7.53. The highest BCUT2D eigenvalue weighted by atomic mass is 32.2. The van der Waals surface area contributed by atoms with Gasteiger partial charge in [-0.25, -0.2) is 0 Å². The first kappa shape index (κ1) is 20.8. The Hall–Kier alpha value is -1.29. The third kappa shape index (κ3) is 8.53. The minimum atomic E-state index is -0.261. The van der Waals surface area contributed by atoms with Crippen LogP contribution in [-0.4, -0.2) is 22.3 Å².